The van der Waals surface area contributed by atoms with Crippen LogP contribution >= 0.6 is 0 Å². The van der Waals surface area contributed by atoms with Gasteiger partial charge in [0.25, 0.3) is 0 Å². The molecule has 0 aliphatic carbocycles. The molecule has 1 aromatic heterocycles. The lowest BCUT2D eigenvalue weighted by molar-refractivity contribution is 0.845. The summed E-state index contributed by atoms with van der Waals surface area (Å²) in [6.07, 6.45) is 6.96. The molecule has 0 saturated heterocycles. The molecule has 1 aromatic rings. The first-order valence-electron chi connectivity index (χ1n) is 4.58. The van der Waals surface area contributed by atoms with Gasteiger partial charge in [0.1, 0.15) is 0 Å². The van der Waals surface area contributed by atoms with Gasteiger partial charge in [0.2, 0.25) is 0 Å². The Morgan fingerprint density at radius 3 is 2.92 bits per heavy atom. The van der Waals surface area contributed by atoms with Crippen molar-refractivity contribution in [2.24, 2.45) is 7.05 Å². The molecule has 0 aliphatic heterocycles. The molecule has 0 unspecified atom stereocenters. The Morgan fingerprint density at radius 1 is 1.69 bits per heavy atom. The van der Waals surface area contributed by atoms with Crippen LogP contribution in [0.1, 0.15) is 19.0 Å². The van der Waals surface area contributed by atoms with Crippen molar-refractivity contribution >= 4 is 6.08 Å². The second-order valence-corrected chi connectivity index (χ2v) is 3.12. The highest BCUT2D eigenvalue weighted by Gasteiger charge is 1.96. The summed E-state index contributed by atoms with van der Waals surface area (Å²) in [5, 5.41) is 3.15. The highest BCUT2D eigenvalue weighted by Crippen LogP contribution is 2.07. The van der Waals surface area contributed by atoms with Crippen LogP contribution in [0.25, 0.3) is 6.08 Å². The second kappa shape index (κ2) is 4.82. The van der Waals surface area contributed by atoms with Crippen molar-refractivity contribution in [2.45, 2.75) is 13.3 Å². The lowest BCUT2D eigenvalue weighted by Crippen LogP contribution is -2.10. The molecule has 0 aromatic carbocycles. The maximum Gasteiger partial charge on any atom is 0.0948 e. The Bertz CT molecular complexity index is 286. The number of nitrogens with one attached hydrogen (secondary N) is 1. The topological polar surface area (TPSA) is 29.9 Å². The van der Waals surface area contributed by atoms with Gasteiger partial charge in [-0.1, -0.05) is 12.5 Å². The van der Waals surface area contributed by atoms with Gasteiger partial charge in [-0.25, -0.2) is 4.98 Å². The van der Waals surface area contributed by atoms with E-state index in [1.807, 2.05) is 31.2 Å². The summed E-state index contributed by atoms with van der Waals surface area (Å²) in [4.78, 5) is 4.07. The summed E-state index contributed by atoms with van der Waals surface area (Å²) in [6, 6.07) is 0. The average Bonchev–Trinajstić information content (AvgIpc) is 2.51. The highest BCUT2D eigenvalue weighted by molar-refractivity contribution is 5.48. The SMILES string of the molecule is CCC(=Cc1cncn1C)CNC. The molecule has 0 fully saturated rings. The molecule has 0 bridgehead atoms. The minimum Gasteiger partial charge on any atom is -0.334 e. The lowest BCUT2D eigenvalue weighted by Gasteiger charge is -2.03. The van der Waals surface area contributed by atoms with Crippen molar-refractivity contribution in [1.82, 2.24) is 14.9 Å². The van der Waals surface area contributed by atoms with Crippen LogP contribution in [0.3, 0.4) is 0 Å². The van der Waals surface area contributed by atoms with Crippen molar-refractivity contribution in [3.63, 3.8) is 0 Å². The van der Waals surface area contributed by atoms with Crippen LogP contribution in [0.15, 0.2) is 18.1 Å². The molecule has 0 atom stereocenters. The summed E-state index contributed by atoms with van der Waals surface area (Å²) >= 11 is 0. The van der Waals surface area contributed by atoms with E-state index in [9.17, 15) is 0 Å². The number of aryl methyl sites for hydroxylation is 1. The molecule has 0 saturated carbocycles. The highest BCUT2D eigenvalue weighted by atomic mass is 15.0. The molecule has 0 amide bonds. The van der Waals surface area contributed by atoms with Gasteiger partial charge in [0.05, 0.1) is 18.2 Å². The monoisotopic (exact) mass is 179 g/mol. The number of hydrogen-bond donors (Lipinski definition) is 1. The third kappa shape index (κ3) is 2.70. The molecule has 1 heterocycles. The Labute approximate surface area is 79.5 Å². The Hall–Kier alpha value is -1.09. The van der Waals surface area contributed by atoms with E-state index < -0.39 is 0 Å². The summed E-state index contributed by atoms with van der Waals surface area (Å²) < 4.78 is 2.02. The van der Waals surface area contributed by atoms with E-state index in [4.69, 9.17) is 0 Å². The van der Waals surface area contributed by atoms with E-state index in [-0.39, 0.29) is 0 Å². The molecule has 3 heteroatoms. The quantitative estimate of drug-likeness (QED) is 0.757. The van der Waals surface area contributed by atoms with Gasteiger partial charge in [0, 0.05) is 13.6 Å². The van der Waals surface area contributed by atoms with Crippen LogP contribution in [-0.2, 0) is 7.05 Å². The van der Waals surface area contributed by atoms with Crippen LogP contribution in [-0.4, -0.2) is 23.1 Å². The van der Waals surface area contributed by atoms with Gasteiger partial charge in [-0.2, -0.15) is 0 Å². The van der Waals surface area contributed by atoms with Gasteiger partial charge >= 0.3 is 0 Å². The van der Waals surface area contributed by atoms with E-state index in [1.165, 1.54) is 5.57 Å². The van der Waals surface area contributed by atoms with Gasteiger partial charge in [-0.15, -0.1) is 0 Å². The van der Waals surface area contributed by atoms with Crippen molar-refractivity contribution in [1.29, 1.82) is 0 Å². The van der Waals surface area contributed by atoms with Crippen molar-refractivity contribution in [3.05, 3.63) is 23.8 Å². The predicted octanol–water partition coefficient (Wildman–Crippen LogP) is 1.43. The molecule has 1 N–H and O–H groups in total. The largest absolute Gasteiger partial charge is 0.334 e. The van der Waals surface area contributed by atoms with E-state index in [0.29, 0.717) is 0 Å². The zero-order valence-corrected chi connectivity index (χ0v) is 8.54. The molecule has 13 heavy (non-hydrogen) atoms. The fraction of sp³-hybridized carbons (Fsp3) is 0.500. The average molecular weight is 179 g/mol. The smallest absolute Gasteiger partial charge is 0.0948 e. The number of rotatable bonds is 4. The maximum absolute atomic E-state index is 4.07. The second-order valence-electron chi connectivity index (χ2n) is 3.12. The van der Waals surface area contributed by atoms with E-state index in [1.54, 1.807) is 0 Å². The van der Waals surface area contributed by atoms with Gasteiger partial charge in [0.15, 0.2) is 0 Å². The minimum atomic E-state index is 0.946. The van der Waals surface area contributed by atoms with E-state index in [2.05, 4.69) is 23.3 Å². The predicted molar refractivity (Wildman–Crippen MR) is 55.4 cm³/mol. The molecule has 0 spiro atoms. The fourth-order valence-electron chi connectivity index (χ4n) is 1.22. The number of nitrogens with zero attached hydrogens (tertiary/aromatic N) is 2. The van der Waals surface area contributed by atoms with E-state index >= 15 is 0 Å². The molecule has 1 rings (SSSR count). The molecular formula is C10H17N3. The summed E-state index contributed by atoms with van der Waals surface area (Å²) in [5.41, 5.74) is 2.55. The van der Waals surface area contributed by atoms with Crippen molar-refractivity contribution in [3.8, 4) is 0 Å². The van der Waals surface area contributed by atoms with Crippen LogP contribution in [0.2, 0.25) is 0 Å². The first kappa shape index (κ1) is 9.99. The zero-order chi connectivity index (χ0) is 9.68. The Kier molecular flexibility index (Phi) is 3.71. The summed E-state index contributed by atoms with van der Waals surface area (Å²) in [7, 11) is 3.97. The lowest BCUT2D eigenvalue weighted by atomic mass is 10.1. The molecule has 3 nitrogen and oxygen atoms in total. The zero-order valence-electron chi connectivity index (χ0n) is 8.54. The molecule has 72 valence electrons. The first-order valence-corrected chi connectivity index (χ1v) is 4.58. The first-order chi connectivity index (χ1) is 6.27. The fourth-order valence-corrected chi connectivity index (χ4v) is 1.22. The maximum atomic E-state index is 4.07. The Balaban J connectivity index is 2.78. The Morgan fingerprint density at radius 2 is 2.46 bits per heavy atom. The van der Waals surface area contributed by atoms with Gasteiger partial charge < -0.3 is 9.88 Å². The summed E-state index contributed by atoms with van der Waals surface area (Å²) in [5.74, 6) is 0. The van der Waals surface area contributed by atoms with Crippen molar-refractivity contribution < 1.29 is 0 Å². The van der Waals surface area contributed by atoms with Crippen molar-refractivity contribution in [2.75, 3.05) is 13.6 Å². The van der Waals surface area contributed by atoms with Crippen LogP contribution in [0.4, 0.5) is 0 Å². The van der Waals surface area contributed by atoms with Gasteiger partial charge in [-0.05, 0) is 19.5 Å². The number of likely N-dealkylation sites (N-methyl/N-ethyl adjacent to an activating group) is 1. The third-order valence-corrected chi connectivity index (χ3v) is 2.06. The van der Waals surface area contributed by atoms with Gasteiger partial charge in [-0.3, -0.25) is 0 Å². The number of imidazole rings is 1. The molecule has 0 radical (unpaired) electrons. The third-order valence-electron chi connectivity index (χ3n) is 2.06. The molecular weight excluding hydrogens is 162 g/mol. The van der Waals surface area contributed by atoms with Crippen LogP contribution in [0, 0.1) is 0 Å². The minimum absolute atomic E-state index is 0.946. The van der Waals surface area contributed by atoms with Crippen LogP contribution < -0.4 is 5.32 Å². The normalized spacial score (nSPS) is 12.1. The van der Waals surface area contributed by atoms with E-state index in [0.717, 1.165) is 18.7 Å². The number of hydrogen-bond acceptors (Lipinski definition) is 2. The standard InChI is InChI=1S/C10H17N3/c1-4-9(6-11-2)5-10-7-12-8-13(10)3/h5,7-8,11H,4,6H2,1-3H3. The summed E-state index contributed by atoms with van der Waals surface area (Å²) in [6.45, 7) is 3.11. The molecule has 0 aliphatic rings. The number of aromatic nitrogens is 2. The van der Waals surface area contributed by atoms with Crippen LogP contribution in [0.5, 0.6) is 0 Å².